The minimum absolute atomic E-state index is 0.271. The van der Waals surface area contributed by atoms with Crippen molar-refractivity contribution in [2.24, 2.45) is 0 Å². The Morgan fingerprint density at radius 1 is 1.08 bits per heavy atom. The fourth-order valence-electron chi connectivity index (χ4n) is 3.50. The molecular formula is C21H16BrNO3. The van der Waals surface area contributed by atoms with Crippen molar-refractivity contribution >= 4 is 44.1 Å². The van der Waals surface area contributed by atoms with Gasteiger partial charge in [0.25, 0.3) is 5.91 Å². The molecule has 1 atom stereocenters. The van der Waals surface area contributed by atoms with Crippen molar-refractivity contribution < 1.29 is 14.7 Å². The minimum Gasteiger partial charge on any atom is -0.375 e. The highest BCUT2D eigenvalue weighted by Crippen LogP contribution is 2.43. The molecule has 0 spiro atoms. The molecule has 0 radical (unpaired) electrons. The summed E-state index contributed by atoms with van der Waals surface area (Å²) in [6, 6.07) is 18.4. The molecule has 130 valence electrons. The molecule has 5 heteroatoms. The van der Waals surface area contributed by atoms with Gasteiger partial charge in [0.15, 0.2) is 11.4 Å². The number of hydrogen-bond donors (Lipinski definition) is 1. The summed E-state index contributed by atoms with van der Waals surface area (Å²) in [6.45, 7) is 0. The normalized spacial score (nSPS) is 19.0. The number of ketones is 1. The van der Waals surface area contributed by atoms with Crippen LogP contribution in [0.5, 0.6) is 0 Å². The van der Waals surface area contributed by atoms with E-state index in [1.807, 2.05) is 30.3 Å². The van der Waals surface area contributed by atoms with E-state index in [0.29, 0.717) is 16.8 Å². The van der Waals surface area contributed by atoms with Gasteiger partial charge in [-0.15, -0.1) is 0 Å². The van der Waals surface area contributed by atoms with E-state index >= 15 is 0 Å². The lowest BCUT2D eigenvalue weighted by atomic mass is 9.88. The number of anilines is 1. The Kier molecular flexibility index (Phi) is 3.93. The number of likely N-dealkylation sites (N-methyl/N-ethyl adjacent to an activating group) is 1. The Hall–Kier alpha value is -2.50. The number of aliphatic hydroxyl groups is 1. The topological polar surface area (TPSA) is 57.6 Å². The van der Waals surface area contributed by atoms with Gasteiger partial charge in [-0.2, -0.15) is 0 Å². The van der Waals surface area contributed by atoms with Gasteiger partial charge in [-0.3, -0.25) is 9.59 Å². The third-order valence-corrected chi connectivity index (χ3v) is 5.41. The number of carbonyl (C=O) groups excluding carboxylic acids is 2. The van der Waals surface area contributed by atoms with Crippen molar-refractivity contribution in [3.63, 3.8) is 0 Å². The molecule has 0 aromatic heterocycles. The second-order valence-corrected chi connectivity index (χ2v) is 7.46. The van der Waals surface area contributed by atoms with Crippen LogP contribution in [0.3, 0.4) is 0 Å². The average Bonchev–Trinajstić information content (AvgIpc) is 2.82. The summed E-state index contributed by atoms with van der Waals surface area (Å²) >= 11 is 3.37. The number of fused-ring (bicyclic) bond motifs is 2. The van der Waals surface area contributed by atoms with Crippen LogP contribution >= 0.6 is 15.9 Å². The van der Waals surface area contributed by atoms with Gasteiger partial charge >= 0.3 is 0 Å². The molecule has 1 aliphatic heterocycles. The molecule has 0 saturated heterocycles. The summed E-state index contributed by atoms with van der Waals surface area (Å²) in [6.07, 6.45) is -0.294. The second-order valence-electron chi connectivity index (χ2n) is 6.55. The summed E-state index contributed by atoms with van der Waals surface area (Å²) in [5.74, 6) is -0.757. The van der Waals surface area contributed by atoms with E-state index in [2.05, 4.69) is 15.9 Å². The standard InChI is InChI=1S/C21H16BrNO3/c1-23-18-9-8-16(22)11-17(18)21(26,20(23)25)12-19(24)15-7-6-13-4-2-3-5-14(13)10-15/h2-11,26H,12H2,1H3/t21-/m1/s1. The molecule has 0 fully saturated rings. The number of hydrogen-bond acceptors (Lipinski definition) is 3. The zero-order valence-electron chi connectivity index (χ0n) is 14.1. The maximum Gasteiger partial charge on any atom is 0.263 e. The molecule has 1 aliphatic rings. The summed E-state index contributed by atoms with van der Waals surface area (Å²) in [5, 5.41) is 13.1. The van der Waals surface area contributed by atoms with Crippen LogP contribution < -0.4 is 4.90 Å². The fraction of sp³-hybridized carbons (Fsp3) is 0.143. The highest BCUT2D eigenvalue weighted by Gasteiger charge is 2.49. The van der Waals surface area contributed by atoms with Crippen LogP contribution in [0.2, 0.25) is 0 Å². The van der Waals surface area contributed by atoms with E-state index < -0.39 is 11.5 Å². The van der Waals surface area contributed by atoms with Gasteiger partial charge in [-0.25, -0.2) is 0 Å². The molecule has 4 rings (SSSR count). The lowest BCUT2D eigenvalue weighted by Gasteiger charge is -2.21. The van der Waals surface area contributed by atoms with Crippen molar-refractivity contribution in [2.45, 2.75) is 12.0 Å². The maximum absolute atomic E-state index is 12.9. The van der Waals surface area contributed by atoms with Crippen molar-refractivity contribution in [3.05, 3.63) is 76.3 Å². The number of rotatable bonds is 3. The molecule has 1 N–H and O–H groups in total. The Morgan fingerprint density at radius 2 is 1.81 bits per heavy atom. The molecule has 26 heavy (non-hydrogen) atoms. The summed E-state index contributed by atoms with van der Waals surface area (Å²) in [7, 11) is 1.60. The van der Waals surface area contributed by atoms with E-state index in [1.54, 1.807) is 37.4 Å². The number of amides is 1. The molecule has 1 heterocycles. The van der Waals surface area contributed by atoms with Crippen molar-refractivity contribution in [3.8, 4) is 0 Å². The Bertz CT molecular complexity index is 1060. The first-order valence-corrected chi connectivity index (χ1v) is 9.02. The summed E-state index contributed by atoms with van der Waals surface area (Å²) < 4.78 is 0.746. The van der Waals surface area contributed by atoms with Gasteiger partial charge in [0, 0.05) is 22.6 Å². The lowest BCUT2D eigenvalue weighted by Crippen LogP contribution is -2.40. The molecule has 0 unspecified atom stereocenters. The Morgan fingerprint density at radius 3 is 2.58 bits per heavy atom. The smallest absolute Gasteiger partial charge is 0.263 e. The third-order valence-electron chi connectivity index (χ3n) is 4.91. The lowest BCUT2D eigenvalue weighted by molar-refractivity contribution is -0.135. The monoisotopic (exact) mass is 409 g/mol. The number of Topliss-reactive ketones (excluding diaryl/α,β-unsaturated/α-hetero) is 1. The maximum atomic E-state index is 12.9. The number of carbonyl (C=O) groups is 2. The minimum atomic E-state index is -1.85. The first kappa shape index (κ1) is 16.9. The molecule has 1 amide bonds. The van der Waals surface area contributed by atoms with Gasteiger partial charge in [0.05, 0.1) is 12.1 Å². The molecule has 0 bridgehead atoms. The van der Waals surface area contributed by atoms with Crippen LogP contribution in [0, 0.1) is 0 Å². The van der Waals surface area contributed by atoms with E-state index in [1.165, 1.54) is 4.90 Å². The van der Waals surface area contributed by atoms with E-state index in [4.69, 9.17) is 0 Å². The first-order valence-electron chi connectivity index (χ1n) is 8.23. The molecular weight excluding hydrogens is 394 g/mol. The Balaban J connectivity index is 1.72. The van der Waals surface area contributed by atoms with Crippen LogP contribution in [0.4, 0.5) is 5.69 Å². The fourth-order valence-corrected chi connectivity index (χ4v) is 3.86. The van der Waals surface area contributed by atoms with Gasteiger partial charge in [-0.1, -0.05) is 52.3 Å². The number of benzene rings is 3. The predicted molar refractivity (Wildman–Crippen MR) is 104 cm³/mol. The Labute approximate surface area is 159 Å². The van der Waals surface area contributed by atoms with Crippen molar-refractivity contribution in [1.82, 2.24) is 0 Å². The average molecular weight is 410 g/mol. The molecule has 0 saturated carbocycles. The molecule has 0 aliphatic carbocycles. The van der Waals surface area contributed by atoms with Crippen LogP contribution in [-0.4, -0.2) is 23.8 Å². The van der Waals surface area contributed by atoms with Crippen LogP contribution in [0.15, 0.2) is 65.1 Å². The van der Waals surface area contributed by atoms with Gasteiger partial charge in [-0.05, 0) is 35.0 Å². The zero-order chi connectivity index (χ0) is 18.5. The summed E-state index contributed by atoms with van der Waals surface area (Å²) in [4.78, 5) is 26.9. The first-order chi connectivity index (χ1) is 12.4. The van der Waals surface area contributed by atoms with E-state index in [0.717, 1.165) is 15.2 Å². The summed E-state index contributed by atoms with van der Waals surface area (Å²) in [5.41, 5.74) is -0.298. The molecule has 4 nitrogen and oxygen atoms in total. The van der Waals surface area contributed by atoms with Crippen molar-refractivity contribution in [1.29, 1.82) is 0 Å². The van der Waals surface area contributed by atoms with Crippen LogP contribution in [0.25, 0.3) is 10.8 Å². The van der Waals surface area contributed by atoms with Crippen LogP contribution in [0.1, 0.15) is 22.3 Å². The second kappa shape index (κ2) is 6.04. The molecule has 3 aromatic carbocycles. The quantitative estimate of drug-likeness (QED) is 0.664. The number of halogens is 1. The zero-order valence-corrected chi connectivity index (χ0v) is 15.7. The van der Waals surface area contributed by atoms with E-state index in [9.17, 15) is 14.7 Å². The predicted octanol–water partition coefficient (Wildman–Crippen LogP) is 4.04. The van der Waals surface area contributed by atoms with Gasteiger partial charge in [0.2, 0.25) is 0 Å². The largest absolute Gasteiger partial charge is 0.375 e. The number of nitrogens with zero attached hydrogens (tertiary/aromatic N) is 1. The van der Waals surface area contributed by atoms with Crippen molar-refractivity contribution in [2.75, 3.05) is 11.9 Å². The van der Waals surface area contributed by atoms with Gasteiger partial charge in [0.1, 0.15) is 0 Å². The highest BCUT2D eigenvalue weighted by atomic mass is 79.9. The third kappa shape index (κ3) is 2.55. The van der Waals surface area contributed by atoms with E-state index in [-0.39, 0.29) is 12.2 Å². The molecule has 3 aromatic rings. The highest BCUT2D eigenvalue weighted by molar-refractivity contribution is 9.10. The SMILES string of the molecule is CN1C(=O)[C@@](O)(CC(=O)c2ccc3ccccc3c2)c2cc(Br)ccc21. The van der Waals surface area contributed by atoms with Gasteiger partial charge < -0.3 is 10.0 Å². The van der Waals surface area contributed by atoms with Crippen LogP contribution in [-0.2, 0) is 10.4 Å².